The van der Waals surface area contributed by atoms with E-state index in [1.165, 1.54) is 12.8 Å². The second-order valence-corrected chi connectivity index (χ2v) is 6.11. The highest BCUT2D eigenvalue weighted by atomic mass is 35.5. The van der Waals surface area contributed by atoms with Crippen LogP contribution in [0.5, 0.6) is 5.75 Å². The van der Waals surface area contributed by atoms with E-state index in [2.05, 4.69) is 30.8 Å². The lowest BCUT2D eigenvalue weighted by molar-refractivity contribution is 0.160. The molecule has 2 atom stereocenters. The van der Waals surface area contributed by atoms with E-state index < -0.39 is 0 Å². The maximum atomic E-state index is 10.0. The van der Waals surface area contributed by atoms with Gasteiger partial charge in [0.1, 0.15) is 5.75 Å². The Morgan fingerprint density at radius 3 is 2.89 bits per heavy atom. The number of likely N-dealkylation sites (N-methyl/N-ethyl adjacent to an activating group) is 1. The summed E-state index contributed by atoms with van der Waals surface area (Å²) in [6, 6.07) is 6.06. The molecule has 106 valence electrons. The van der Waals surface area contributed by atoms with Gasteiger partial charge < -0.3 is 10.0 Å². The van der Waals surface area contributed by atoms with E-state index in [9.17, 15) is 5.11 Å². The Hall–Kier alpha value is -0.770. The summed E-state index contributed by atoms with van der Waals surface area (Å²) in [5, 5.41) is 10.7. The van der Waals surface area contributed by atoms with E-state index in [-0.39, 0.29) is 6.04 Å². The average Bonchev–Trinajstić information content (AvgIpc) is 2.78. The molecule has 3 nitrogen and oxygen atoms in total. The summed E-state index contributed by atoms with van der Waals surface area (Å²) in [4.78, 5) is 4.71. The molecule has 0 amide bonds. The minimum Gasteiger partial charge on any atom is -0.508 e. The third kappa shape index (κ3) is 3.41. The second-order valence-electron chi connectivity index (χ2n) is 5.68. The molecule has 1 aromatic carbocycles. The molecule has 0 spiro atoms. The smallest absolute Gasteiger partial charge is 0.120 e. The summed E-state index contributed by atoms with van der Waals surface area (Å²) in [5.74, 6) is 0.340. The standard InChI is InChI=1S/C15H23ClN2O/c1-11(14-9-12(16)6-7-15(14)19)18-8-4-5-13(18)10-17(2)3/h6-7,9,11,13,19H,4-5,8,10H2,1-3H3. The van der Waals surface area contributed by atoms with Crippen molar-refractivity contribution in [3.63, 3.8) is 0 Å². The van der Waals surface area contributed by atoms with E-state index in [0.29, 0.717) is 16.8 Å². The average molecular weight is 283 g/mol. The van der Waals surface area contributed by atoms with E-state index in [4.69, 9.17) is 11.6 Å². The third-order valence-corrected chi connectivity index (χ3v) is 4.17. The molecule has 0 saturated carbocycles. The predicted molar refractivity (Wildman–Crippen MR) is 79.8 cm³/mol. The van der Waals surface area contributed by atoms with Gasteiger partial charge in [0, 0.05) is 29.2 Å². The van der Waals surface area contributed by atoms with Crippen LogP contribution >= 0.6 is 11.6 Å². The monoisotopic (exact) mass is 282 g/mol. The molecule has 0 aliphatic carbocycles. The fourth-order valence-corrected chi connectivity index (χ4v) is 3.20. The lowest BCUT2D eigenvalue weighted by Gasteiger charge is -2.32. The highest BCUT2D eigenvalue weighted by Crippen LogP contribution is 2.35. The number of aromatic hydroxyl groups is 1. The van der Waals surface area contributed by atoms with Crippen LogP contribution in [0.25, 0.3) is 0 Å². The van der Waals surface area contributed by atoms with Gasteiger partial charge in [-0.25, -0.2) is 0 Å². The highest BCUT2D eigenvalue weighted by molar-refractivity contribution is 6.30. The second kappa shape index (κ2) is 6.12. The zero-order valence-corrected chi connectivity index (χ0v) is 12.7. The molecule has 2 unspecified atom stereocenters. The van der Waals surface area contributed by atoms with Crippen molar-refractivity contribution in [1.82, 2.24) is 9.80 Å². The molecule has 1 saturated heterocycles. The highest BCUT2D eigenvalue weighted by Gasteiger charge is 2.30. The number of likely N-dealkylation sites (tertiary alicyclic amines) is 1. The van der Waals surface area contributed by atoms with Gasteiger partial charge in [0.25, 0.3) is 0 Å². The Kier molecular flexibility index (Phi) is 4.71. The molecule has 0 radical (unpaired) electrons. The Balaban J connectivity index is 2.18. The number of halogens is 1. The van der Waals surface area contributed by atoms with Crippen LogP contribution in [0.15, 0.2) is 18.2 Å². The summed E-state index contributed by atoms with van der Waals surface area (Å²) in [6.07, 6.45) is 2.45. The number of benzene rings is 1. The molecular formula is C15H23ClN2O. The Morgan fingerprint density at radius 2 is 2.21 bits per heavy atom. The van der Waals surface area contributed by atoms with Gasteiger partial charge >= 0.3 is 0 Å². The van der Waals surface area contributed by atoms with Crippen LogP contribution in [0.2, 0.25) is 5.02 Å². The van der Waals surface area contributed by atoms with Crippen LogP contribution in [-0.2, 0) is 0 Å². The molecule has 0 aromatic heterocycles. The predicted octanol–water partition coefficient (Wildman–Crippen LogP) is 3.13. The van der Waals surface area contributed by atoms with E-state index in [0.717, 1.165) is 18.7 Å². The summed E-state index contributed by atoms with van der Waals surface area (Å²) in [5.41, 5.74) is 0.929. The molecule has 1 fully saturated rings. The molecule has 1 N–H and O–H groups in total. The summed E-state index contributed by atoms with van der Waals surface area (Å²) >= 11 is 6.05. The SMILES string of the molecule is CC(c1cc(Cl)ccc1O)N1CCCC1CN(C)C. The molecular weight excluding hydrogens is 260 g/mol. The van der Waals surface area contributed by atoms with Crippen molar-refractivity contribution in [3.8, 4) is 5.75 Å². The Labute approximate surface area is 120 Å². The first kappa shape index (κ1) is 14.6. The van der Waals surface area contributed by atoms with Crippen molar-refractivity contribution in [2.75, 3.05) is 27.2 Å². The largest absolute Gasteiger partial charge is 0.508 e. The fourth-order valence-electron chi connectivity index (χ4n) is 3.02. The van der Waals surface area contributed by atoms with Crippen molar-refractivity contribution in [3.05, 3.63) is 28.8 Å². The van der Waals surface area contributed by atoms with Gasteiger partial charge in [-0.3, -0.25) is 4.90 Å². The van der Waals surface area contributed by atoms with Crippen LogP contribution in [0.3, 0.4) is 0 Å². The zero-order chi connectivity index (χ0) is 14.0. The maximum Gasteiger partial charge on any atom is 0.120 e. The molecule has 0 bridgehead atoms. The number of hydrogen-bond acceptors (Lipinski definition) is 3. The van der Waals surface area contributed by atoms with Crippen molar-refractivity contribution >= 4 is 11.6 Å². The lowest BCUT2D eigenvalue weighted by atomic mass is 10.0. The van der Waals surface area contributed by atoms with Gasteiger partial charge in [0.05, 0.1) is 0 Å². The van der Waals surface area contributed by atoms with Gasteiger partial charge in [0.2, 0.25) is 0 Å². The van der Waals surface area contributed by atoms with E-state index >= 15 is 0 Å². The minimum absolute atomic E-state index is 0.200. The van der Waals surface area contributed by atoms with Crippen molar-refractivity contribution in [1.29, 1.82) is 0 Å². The van der Waals surface area contributed by atoms with E-state index in [1.807, 2.05) is 6.07 Å². The lowest BCUT2D eigenvalue weighted by Crippen LogP contribution is -2.39. The molecule has 4 heteroatoms. The van der Waals surface area contributed by atoms with Gasteiger partial charge in [-0.1, -0.05) is 11.6 Å². The summed E-state index contributed by atoms with van der Waals surface area (Å²) in [7, 11) is 4.22. The van der Waals surface area contributed by atoms with Crippen molar-refractivity contribution in [2.45, 2.75) is 31.8 Å². The van der Waals surface area contributed by atoms with Crippen molar-refractivity contribution in [2.24, 2.45) is 0 Å². The number of phenolic OH excluding ortho intramolecular Hbond substituents is 1. The number of rotatable bonds is 4. The quantitative estimate of drug-likeness (QED) is 0.919. The number of phenols is 1. The minimum atomic E-state index is 0.200. The first-order valence-electron chi connectivity index (χ1n) is 6.88. The molecule has 1 heterocycles. The fraction of sp³-hybridized carbons (Fsp3) is 0.600. The first-order valence-corrected chi connectivity index (χ1v) is 7.25. The van der Waals surface area contributed by atoms with Gasteiger partial charge in [-0.15, -0.1) is 0 Å². The van der Waals surface area contributed by atoms with Crippen LogP contribution in [0.1, 0.15) is 31.4 Å². The summed E-state index contributed by atoms with van der Waals surface area (Å²) in [6.45, 7) is 4.30. The van der Waals surface area contributed by atoms with Crippen LogP contribution in [0, 0.1) is 0 Å². The topological polar surface area (TPSA) is 26.7 Å². The van der Waals surface area contributed by atoms with Gasteiger partial charge in [0.15, 0.2) is 0 Å². The third-order valence-electron chi connectivity index (χ3n) is 3.94. The zero-order valence-electron chi connectivity index (χ0n) is 11.9. The van der Waals surface area contributed by atoms with Gasteiger partial charge in [-0.2, -0.15) is 0 Å². The maximum absolute atomic E-state index is 10.0. The van der Waals surface area contributed by atoms with E-state index in [1.54, 1.807) is 12.1 Å². The van der Waals surface area contributed by atoms with Crippen molar-refractivity contribution < 1.29 is 5.11 Å². The van der Waals surface area contributed by atoms with Crippen LogP contribution in [0.4, 0.5) is 0 Å². The molecule has 2 rings (SSSR count). The Bertz CT molecular complexity index is 436. The molecule has 1 aliphatic heterocycles. The first-order chi connectivity index (χ1) is 8.99. The summed E-state index contributed by atoms with van der Waals surface area (Å²) < 4.78 is 0. The normalized spacial score (nSPS) is 22.1. The number of hydrogen-bond donors (Lipinski definition) is 1. The molecule has 1 aromatic rings. The molecule has 19 heavy (non-hydrogen) atoms. The molecule has 1 aliphatic rings. The van der Waals surface area contributed by atoms with Gasteiger partial charge in [-0.05, 0) is 58.6 Å². The number of nitrogens with zero attached hydrogens (tertiary/aromatic N) is 2. The Morgan fingerprint density at radius 1 is 1.47 bits per heavy atom. The van der Waals surface area contributed by atoms with Crippen LogP contribution in [-0.4, -0.2) is 48.1 Å². The van der Waals surface area contributed by atoms with Crippen LogP contribution < -0.4 is 0 Å².